The van der Waals surface area contributed by atoms with Crippen LogP contribution in [0.25, 0.3) is 0 Å². The molecule has 0 unspecified atom stereocenters. The molecule has 0 N–H and O–H groups in total. The van der Waals surface area contributed by atoms with Gasteiger partial charge in [-0.05, 0) is 69.9 Å². The van der Waals surface area contributed by atoms with Gasteiger partial charge in [-0.25, -0.2) is 4.79 Å². The molecule has 0 bridgehead atoms. The molecule has 0 heterocycles. The molecule has 0 aromatic heterocycles. The molecule has 274 valence electrons. The van der Waals surface area contributed by atoms with Crippen LogP contribution in [0, 0.1) is 0 Å². The van der Waals surface area contributed by atoms with E-state index in [1.165, 1.54) is 19.2 Å². The summed E-state index contributed by atoms with van der Waals surface area (Å²) in [6, 6.07) is 2.58. The summed E-state index contributed by atoms with van der Waals surface area (Å²) in [4.78, 5) is 51.4. The molecule has 0 aliphatic rings. The minimum Gasteiger partial charge on any atom is -0.465 e. The van der Waals surface area contributed by atoms with E-state index in [-0.39, 0.29) is 42.1 Å². The predicted octanol–water partition coefficient (Wildman–Crippen LogP) is 11.1. The molecule has 8 nitrogen and oxygen atoms in total. The lowest BCUT2D eigenvalue weighted by Gasteiger charge is -2.16. The number of hydrogen-bond donors (Lipinski definition) is 0. The van der Waals surface area contributed by atoms with Crippen molar-refractivity contribution in [2.24, 2.45) is 0 Å². The van der Waals surface area contributed by atoms with Crippen molar-refractivity contribution in [1.29, 1.82) is 0 Å². The molecule has 0 atom stereocenters. The minimum absolute atomic E-state index is 0.00315. The van der Waals surface area contributed by atoms with Gasteiger partial charge >= 0.3 is 23.9 Å². The monoisotopic (exact) mass is 682 g/mol. The fourth-order valence-corrected chi connectivity index (χ4v) is 5.37. The fraction of sp³-hybridized carbons (Fsp3) is 0.610. The number of unbranched alkanes of at least 4 members (excludes halogenated alkanes) is 18. The number of carbonyl (C=O) groups excluding carboxylic acids is 4. The first-order valence-electron chi connectivity index (χ1n) is 18.6. The van der Waals surface area contributed by atoms with Crippen LogP contribution >= 0.6 is 0 Å². The number of rotatable bonds is 31. The van der Waals surface area contributed by atoms with Crippen molar-refractivity contribution in [2.75, 3.05) is 7.11 Å². The Morgan fingerprint density at radius 3 is 1.12 bits per heavy atom. The highest BCUT2D eigenvalue weighted by atomic mass is 16.6. The normalized spacial score (nSPS) is 10.6. The van der Waals surface area contributed by atoms with Crippen LogP contribution in [-0.4, -0.2) is 31.0 Å². The van der Waals surface area contributed by atoms with E-state index in [1.807, 2.05) is 18.2 Å². The van der Waals surface area contributed by atoms with Crippen LogP contribution in [0.2, 0.25) is 0 Å². The lowest BCUT2D eigenvalue weighted by Crippen LogP contribution is -2.16. The molecule has 0 saturated heterocycles. The quantitative estimate of drug-likeness (QED) is 0.0330. The van der Waals surface area contributed by atoms with Crippen molar-refractivity contribution in [3.63, 3.8) is 0 Å². The van der Waals surface area contributed by atoms with E-state index < -0.39 is 23.9 Å². The zero-order valence-corrected chi connectivity index (χ0v) is 30.2. The number of methoxy groups -OCH3 is 1. The number of hydrogen-bond acceptors (Lipinski definition) is 8. The third-order valence-electron chi connectivity index (χ3n) is 8.22. The van der Waals surface area contributed by atoms with Gasteiger partial charge in [-0.15, -0.1) is 19.7 Å². The standard InChI is InChI=1S/C41H62O8/c1-5-8-11-14-17-20-23-26-29-37(42)47-35-32-34(41(45)46-4)33-36(48-38(43)30-27-24-21-18-15-12-9-6-2)40(35)49-39(44)31-28-25-22-19-16-13-10-7-3/h5-7,32-33H,1-3,8-31H2,4H3. The fourth-order valence-electron chi connectivity index (χ4n) is 5.37. The number of esters is 4. The molecule has 0 aliphatic heterocycles. The van der Waals surface area contributed by atoms with E-state index >= 15 is 0 Å². The summed E-state index contributed by atoms with van der Waals surface area (Å²) in [5.74, 6) is -2.83. The summed E-state index contributed by atoms with van der Waals surface area (Å²) in [6.07, 6.45) is 26.8. The smallest absolute Gasteiger partial charge is 0.338 e. The third kappa shape index (κ3) is 21.8. The molecule has 1 aromatic carbocycles. The molecular formula is C41H62O8. The Hall–Kier alpha value is -3.68. The summed E-state index contributed by atoms with van der Waals surface area (Å²) in [5, 5.41) is 0. The van der Waals surface area contributed by atoms with Crippen LogP contribution in [0.3, 0.4) is 0 Å². The topological polar surface area (TPSA) is 105 Å². The summed E-state index contributed by atoms with van der Waals surface area (Å²) in [6.45, 7) is 11.2. The highest BCUT2D eigenvalue weighted by Gasteiger charge is 2.25. The van der Waals surface area contributed by atoms with E-state index in [0.717, 1.165) is 116 Å². The zero-order valence-electron chi connectivity index (χ0n) is 30.2. The summed E-state index contributed by atoms with van der Waals surface area (Å²) in [5.41, 5.74) is 0.00315. The van der Waals surface area contributed by atoms with Crippen LogP contribution in [0.1, 0.15) is 164 Å². The zero-order chi connectivity index (χ0) is 36.0. The molecule has 49 heavy (non-hydrogen) atoms. The summed E-state index contributed by atoms with van der Waals surface area (Å²) >= 11 is 0. The maximum atomic E-state index is 13.0. The first-order valence-corrected chi connectivity index (χ1v) is 18.6. The van der Waals surface area contributed by atoms with Gasteiger partial charge in [0.1, 0.15) is 0 Å². The predicted molar refractivity (Wildman–Crippen MR) is 196 cm³/mol. The molecule has 1 aromatic rings. The molecule has 1 rings (SSSR count). The Labute approximate surface area is 295 Å². The average Bonchev–Trinajstić information content (AvgIpc) is 3.09. The van der Waals surface area contributed by atoms with Gasteiger partial charge in [-0.2, -0.15) is 0 Å². The molecule has 0 saturated carbocycles. The van der Waals surface area contributed by atoms with Crippen molar-refractivity contribution in [2.45, 2.75) is 154 Å². The van der Waals surface area contributed by atoms with Gasteiger partial charge < -0.3 is 18.9 Å². The molecule has 0 fully saturated rings. The second-order valence-electron chi connectivity index (χ2n) is 12.6. The average molecular weight is 683 g/mol. The molecule has 0 aliphatic carbocycles. The van der Waals surface area contributed by atoms with Crippen LogP contribution in [0.15, 0.2) is 50.1 Å². The van der Waals surface area contributed by atoms with Gasteiger partial charge in [-0.1, -0.05) is 95.3 Å². The van der Waals surface area contributed by atoms with Crippen molar-refractivity contribution in [3.05, 3.63) is 55.7 Å². The van der Waals surface area contributed by atoms with E-state index in [4.69, 9.17) is 18.9 Å². The van der Waals surface area contributed by atoms with E-state index in [9.17, 15) is 19.2 Å². The van der Waals surface area contributed by atoms with Gasteiger partial charge in [0.25, 0.3) is 0 Å². The Morgan fingerprint density at radius 2 is 0.796 bits per heavy atom. The highest BCUT2D eigenvalue weighted by molar-refractivity contribution is 5.92. The Bertz CT molecular complexity index is 1080. The second-order valence-corrected chi connectivity index (χ2v) is 12.6. The van der Waals surface area contributed by atoms with E-state index in [0.29, 0.717) is 19.3 Å². The first-order chi connectivity index (χ1) is 23.9. The molecular weight excluding hydrogens is 620 g/mol. The van der Waals surface area contributed by atoms with Crippen molar-refractivity contribution in [3.8, 4) is 17.2 Å². The summed E-state index contributed by atoms with van der Waals surface area (Å²) in [7, 11) is 1.22. The Morgan fingerprint density at radius 1 is 0.490 bits per heavy atom. The van der Waals surface area contributed by atoms with Crippen LogP contribution in [0.4, 0.5) is 0 Å². The van der Waals surface area contributed by atoms with Gasteiger partial charge in [0.15, 0.2) is 11.5 Å². The Kier molecular flexibility index (Phi) is 25.9. The largest absolute Gasteiger partial charge is 0.465 e. The Balaban J connectivity index is 2.99. The number of benzene rings is 1. The SMILES string of the molecule is C=CCCCCCCCCC(=O)Oc1cc(C(=O)OC)cc(OC(=O)CCCCCCCCC=C)c1OC(=O)CCCCCCCCC=C. The van der Waals surface area contributed by atoms with Crippen molar-refractivity contribution >= 4 is 23.9 Å². The lowest BCUT2D eigenvalue weighted by atomic mass is 10.1. The number of carbonyl (C=O) groups is 4. The molecule has 8 heteroatoms. The third-order valence-corrected chi connectivity index (χ3v) is 8.22. The minimum atomic E-state index is -0.714. The van der Waals surface area contributed by atoms with Crippen LogP contribution in [-0.2, 0) is 19.1 Å². The molecule has 0 amide bonds. The van der Waals surface area contributed by atoms with E-state index in [1.54, 1.807) is 0 Å². The molecule has 0 spiro atoms. The van der Waals surface area contributed by atoms with E-state index in [2.05, 4.69) is 19.7 Å². The maximum Gasteiger partial charge on any atom is 0.338 e. The highest BCUT2D eigenvalue weighted by Crippen LogP contribution is 2.40. The number of allylic oxidation sites excluding steroid dienone is 3. The van der Waals surface area contributed by atoms with Gasteiger partial charge in [0, 0.05) is 19.3 Å². The van der Waals surface area contributed by atoms with Crippen molar-refractivity contribution in [1.82, 2.24) is 0 Å². The lowest BCUT2D eigenvalue weighted by molar-refractivity contribution is -0.138. The van der Waals surface area contributed by atoms with Gasteiger partial charge in [0.2, 0.25) is 5.75 Å². The molecule has 0 radical (unpaired) electrons. The van der Waals surface area contributed by atoms with Crippen LogP contribution < -0.4 is 14.2 Å². The second kappa shape index (κ2) is 29.3. The number of ether oxygens (including phenoxy) is 4. The van der Waals surface area contributed by atoms with Gasteiger partial charge in [0.05, 0.1) is 12.7 Å². The van der Waals surface area contributed by atoms with Crippen molar-refractivity contribution < 1.29 is 38.1 Å². The first kappa shape index (κ1) is 43.3. The van der Waals surface area contributed by atoms with Gasteiger partial charge in [-0.3, -0.25) is 14.4 Å². The maximum absolute atomic E-state index is 13.0. The van der Waals surface area contributed by atoms with Crippen LogP contribution in [0.5, 0.6) is 17.2 Å². The summed E-state index contributed by atoms with van der Waals surface area (Å²) < 4.78 is 21.9.